The molecule has 0 aliphatic heterocycles. The molecule has 1 unspecified atom stereocenters. The van der Waals surface area contributed by atoms with E-state index in [1.54, 1.807) is 24.3 Å². The van der Waals surface area contributed by atoms with Gasteiger partial charge in [-0.1, -0.05) is 26.0 Å². The number of anilines is 1. The van der Waals surface area contributed by atoms with E-state index in [1.807, 2.05) is 13.8 Å². The Hall–Kier alpha value is -2.35. The average Bonchev–Trinajstić information content (AvgIpc) is 2.38. The number of nitrogens with zero attached hydrogens (tertiary/aromatic N) is 1. The molecule has 106 valence electrons. The van der Waals surface area contributed by atoms with Gasteiger partial charge in [0.15, 0.2) is 0 Å². The third-order valence-corrected chi connectivity index (χ3v) is 2.81. The number of carbonyl (C=O) groups excluding carboxylic acids is 2. The smallest absolute Gasteiger partial charge is 0.247 e. The number of nitriles is 1. The summed E-state index contributed by atoms with van der Waals surface area (Å²) < 4.78 is 0. The van der Waals surface area contributed by atoms with Crippen LogP contribution in [0, 0.1) is 17.2 Å². The van der Waals surface area contributed by atoms with Crippen molar-refractivity contribution in [2.24, 2.45) is 5.92 Å². The molecular weight excluding hydrogens is 254 g/mol. The molecule has 0 fully saturated rings. The van der Waals surface area contributed by atoms with Gasteiger partial charge in [-0.3, -0.25) is 9.59 Å². The Morgan fingerprint density at radius 3 is 2.30 bits per heavy atom. The van der Waals surface area contributed by atoms with Crippen LogP contribution in [0.1, 0.15) is 26.3 Å². The van der Waals surface area contributed by atoms with Gasteiger partial charge < -0.3 is 10.6 Å². The first kappa shape index (κ1) is 15.7. The molecule has 0 bridgehead atoms. The lowest BCUT2D eigenvalue weighted by atomic mass is 10.0. The van der Waals surface area contributed by atoms with Crippen LogP contribution >= 0.6 is 0 Å². The van der Waals surface area contributed by atoms with Crippen LogP contribution in [0.3, 0.4) is 0 Å². The van der Waals surface area contributed by atoms with Gasteiger partial charge >= 0.3 is 0 Å². The monoisotopic (exact) mass is 273 g/mol. The van der Waals surface area contributed by atoms with Gasteiger partial charge in [0.2, 0.25) is 11.8 Å². The fourth-order valence-electron chi connectivity index (χ4n) is 1.77. The van der Waals surface area contributed by atoms with E-state index in [-0.39, 0.29) is 17.7 Å². The van der Waals surface area contributed by atoms with Crippen molar-refractivity contribution in [1.29, 1.82) is 5.26 Å². The summed E-state index contributed by atoms with van der Waals surface area (Å²) in [5.41, 5.74) is 1.54. The van der Waals surface area contributed by atoms with Crippen molar-refractivity contribution in [2.75, 3.05) is 5.32 Å². The van der Waals surface area contributed by atoms with E-state index in [4.69, 9.17) is 5.26 Å². The zero-order valence-electron chi connectivity index (χ0n) is 11.9. The van der Waals surface area contributed by atoms with Crippen molar-refractivity contribution in [1.82, 2.24) is 5.32 Å². The topological polar surface area (TPSA) is 82.0 Å². The first-order valence-electron chi connectivity index (χ1n) is 6.48. The standard InChI is InChI=1S/C15H19N3O2/c1-10(2)14(17-11(3)19)15(20)18-13-6-4-12(5-7-13)8-9-16/h4-7,10,14H,8H2,1-3H3,(H,17,19)(H,18,20). The summed E-state index contributed by atoms with van der Waals surface area (Å²) in [6.07, 6.45) is 0.342. The summed E-state index contributed by atoms with van der Waals surface area (Å²) in [6, 6.07) is 8.58. The number of carbonyl (C=O) groups is 2. The molecule has 0 saturated heterocycles. The molecule has 2 N–H and O–H groups in total. The molecule has 20 heavy (non-hydrogen) atoms. The predicted molar refractivity (Wildman–Crippen MR) is 76.8 cm³/mol. The Morgan fingerprint density at radius 2 is 1.85 bits per heavy atom. The van der Waals surface area contributed by atoms with Gasteiger partial charge in [-0.05, 0) is 23.6 Å². The third kappa shape index (κ3) is 4.73. The highest BCUT2D eigenvalue weighted by Gasteiger charge is 2.22. The van der Waals surface area contributed by atoms with Gasteiger partial charge in [-0.2, -0.15) is 5.26 Å². The Kier molecular flexibility index (Phi) is 5.73. The highest BCUT2D eigenvalue weighted by molar-refractivity contribution is 5.97. The molecule has 0 radical (unpaired) electrons. The number of hydrogen-bond donors (Lipinski definition) is 2. The minimum Gasteiger partial charge on any atom is -0.344 e. The van der Waals surface area contributed by atoms with E-state index < -0.39 is 6.04 Å². The normalized spacial score (nSPS) is 11.6. The summed E-state index contributed by atoms with van der Waals surface area (Å²) >= 11 is 0. The zero-order chi connectivity index (χ0) is 15.1. The van der Waals surface area contributed by atoms with Crippen LogP contribution in [0.25, 0.3) is 0 Å². The highest BCUT2D eigenvalue weighted by Crippen LogP contribution is 2.12. The molecule has 5 heteroatoms. The van der Waals surface area contributed by atoms with Gasteiger partial charge in [0.25, 0.3) is 0 Å². The number of rotatable bonds is 5. The van der Waals surface area contributed by atoms with Crippen molar-refractivity contribution in [3.63, 3.8) is 0 Å². The summed E-state index contributed by atoms with van der Waals surface area (Å²) in [7, 11) is 0. The van der Waals surface area contributed by atoms with Gasteiger partial charge in [-0.15, -0.1) is 0 Å². The van der Waals surface area contributed by atoms with Crippen molar-refractivity contribution >= 4 is 17.5 Å². The maximum Gasteiger partial charge on any atom is 0.247 e. The van der Waals surface area contributed by atoms with Gasteiger partial charge in [0.1, 0.15) is 6.04 Å². The molecule has 2 amide bonds. The van der Waals surface area contributed by atoms with Gasteiger partial charge in [-0.25, -0.2) is 0 Å². The van der Waals surface area contributed by atoms with Gasteiger partial charge in [0, 0.05) is 12.6 Å². The van der Waals surface area contributed by atoms with Crippen LogP contribution < -0.4 is 10.6 Å². The summed E-state index contributed by atoms with van der Waals surface area (Å²) in [6.45, 7) is 5.13. The highest BCUT2D eigenvalue weighted by atomic mass is 16.2. The van der Waals surface area contributed by atoms with E-state index in [9.17, 15) is 9.59 Å². The van der Waals surface area contributed by atoms with E-state index in [2.05, 4.69) is 16.7 Å². The maximum absolute atomic E-state index is 12.1. The lowest BCUT2D eigenvalue weighted by molar-refractivity contribution is -0.126. The maximum atomic E-state index is 12.1. The molecule has 0 aliphatic rings. The van der Waals surface area contributed by atoms with Crippen LogP contribution in [0.15, 0.2) is 24.3 Å². The first-order valence-corrected chi connectivity index (χ1v) is 6.48. The number of nitrogens with one attached hydrogen (secondary N) is 2. The Labute approximate surface area is 119 Å². The van der Waals surface area contributed by atoms with Crippen molar-refractivity contribution in [3.8, 4) is 6.07 Å². The van der Waals surface area contributed by atoms with Gasteiger partial charge in [0.05, 0.1) is 12.5 Å². The largest absolute Gasteiger partial charge is 0.344 e. The molecule has 0 spiro atoms. The SMILES string of the molecule is CC(=O)NC(C(=O)Nc1ccc(CC#N)cc1)C(C)C. The van der Waals surface area contributed by atoms with Crippen LogP contribution in [-0.4, -0.2) is 17.9 Å². The van der Waals surface area contributed by atoms with E-state index in [0.29, 0.717) is 12.1 Å². The predicted octanol–water partition coefficient (Wildman–Crippen LogP) is 1.85. The van der Waals surface area contributed by atoms with Crippen LogP contribution in [0.5, 0.6) is 0 Å². The molecule has 1 rings (SSSR count). The lowest BCUT2D eigenvalue weighted by Gasteiger charge is -2.20. The summed E-state index contributed by atoms with van der Waals surface area (Å²) in [5.74, 6) is -0.483. The Morgan fingerprint density at radius 1 is 1.25 bits per heavy atom. The van der Waals surface area contributed by atoms with E-state index in [1.165, 1.54) is 6.92 Å². The van der Waals surface area contributed by atoms with Crippen molar-refractivity contribution in [3.05, 3.63) is 29.8 Å². The molecule has 1 atom stereocenters. The molecule has 1 aromatic rings. The minimum absolute atomic E-state index is 0.00300. The fraction of sp³-hybridized carbons (Fsp3) is 0.400. The molecule has 0 aliphatic carbocycles. The second kappa shape index (κ2) is 7.29. The molecule has 0 heterocycles. The fourth-order valence-corrected chi connectivity index (χ4v) is 1.77. The third-order valence-electron chi connectivity index (χ3n) is 2.81. The molecule has 1 aromatic carbocycles. The van der Waals surface area contributed by atoms with E-state index >= 15 is 0 Å². The van der Waals surface area contributed by atoms with Crippen LogP contribution in [0.2, 0.25) is 0 Å². The number of benzene rings is 1. The van der Waals surface area contributed by atoms with Crippen molar-refractivity contribution < 1.29 is 9.59 Å². The quantitative estimate of drug-likeness (QED) is 0.859. The summed E-state index contributed by atoms with van der Waals surface area (Å²) in [4.78, 5) is 23.2. The second-order valence-corrected chi connectivity index (χ2v) is 4.94. The molecule has 0 saturated carbocycles. The number of amides is 2. The molecular formula is C15H19N3O2. The lowest BCUT2D eigenvalue weighted by Crippen LogP contribution is -2.46. The first-order chi connectivity index (χ1) is 9.43. The number of hydrogen-bond acceptors (Lipinski definition) is 3. The molecule has 0 aromatic heterocycles. The molecule has 5 nitrogen and oxygen atoms in total. The Bertz CT molecular complexity index is 515. The Balaban J connectivity index is 2.72. The second-order valence-electron chi connectivity index (χ2n) is 4.94. The van der Waals surface area contributed by atoms with Crippen molar-refractivity contribution in [2.45, 2.75) is 33.2 Å². The van der Waals surface area contributed by atoms with Crippen LogP contribution in [0.4, 0.5) is 5.69 Å². The zero-order valence-corrected chi connectivity index (χ0v) is 11.9. The summed E-state index contributed by atoms with van der Waals surface area (Å²) in [5, 5.41) is 14.0. The minimum atomic E-state index is -0.564. The van der Waals surface area contributed by atoms with E-state index in [0.717, 1.165) is 5.56 Å². The van der Waals surface area contributed by atoms with Crippen LogP contribution in [-0.2, 0) is 16.0 Å². The average molecular weight is 273 g/mol.